The van der Waals surface area contributed by atoms with Crippen molar-refractivity contribution in [2.24, 2.45) is 12.8 Å². The Labute approximate surface area is 128 Å². The molecule has 0 aliphatic carbocycles. The van der Waals surface area contributed by atoms with E-state index < -0.39 is 0 Å². The maximum atomic E-state index is 12.1. The minimum absolute atomic E-state index is 0.0950. The lowest BCUT2D eigenvalue weighted by Crippen LogP contribution is -2.49. The van der Waals surface area contributed by atoms with Crippen molar-refractivity contribution in [3.05, 3.63) is 12.5 Å². The molecule has 8 nitrogen and oxygen atoms in total. The average Bonchev–Trinajstić information content (AvgIpc) is 2.88. The number of hydrogen-bond acceptors (Lipinski definition) is 6. The summed E-state index contributed by atoms with van der Waals surface area (Å²) in [7, 11) is 1.86. The van der Waals surface area contributed by atoms with Crippen molar-refractivity contribution in [1.82, 2.24) is 24.6 Å². The minimum atomic E-state index is -0.0950. The first kappa shape index (κ1) is 14.7. The van der Waals surface area contributed by atoms with Gasteiger partial charge in [-0.05, 0) is 6.92 Å². The van der Waals surface area contributed by atoms with Gasteiger partial charge in [0.1, 0.15) is 12.1 Å². The second kappa shape index (κ2) is 5.88. The van der Waals surface area contributed by atoms with Crippen molar-refractivity contribution in [2.45, 2.75) is 19.4 Å². The highest BCUT2D eigenvalue weighted by molar-refractivity contribution is 5.86. The summed E-state index contributed by atoms with van der Waals surface area (Å²) < 4.78 is 1.74. The lowest BCUT2D eigenvalue weighted by Gasteiger charge is -2.35. The minimum Gasteiger partial charge on any atom is -0.352 e. The smallest absolute Gasteiger partial charge is 0.224 e. The number of carbonyl (C=O) groups is 1. The molecule has 1 unspecified atom stereocenters. The summed E-state index contributed by atoms with van der Waals surface area (Å²) in [5, 5.41) is 5.18. The van der Waals surface area contributed by atoms with Gasteiger partial charge in [0.2, 0.25) is 5.91 Å². The molecule has 0 bridgehead atoms. The van der Waals surface area contributed by atoms with Crippen LogP contribution < -0.4 is 10.6 Å². The van der Waals surface area contributed by atoms with Crippen LogP contribution in [-0.4, -0.2) is 62.8 Å². The Balaban J connectivity index is 1.72. The summed E-state index contributed by atoms with van der Waals surface area (Å²) in [6.07, 6.45) is 3.76. The van der Waals surface area contributed by atoms with Gasteiger partial charge in [-0.15, -0.1) is 0 Å². The van der Waals surface area contributed by atoms with Crippen LogP contribution in [0.15, 0.2) is 12.5 Å². The normalized spacial score (nSPS) is 17.0. The maximum Gasteiger partial charge on any atom is 0.224 e. The number of piperazine rings is 1. The molecule has 1 amide bonds. The van der Waals surface area contributed by atoms with E-state index in [0.29, 0.717) is 19.5 Å². The zero-order valence-corrected chi connectivity index (χ0v) is 12.9. The van der Waals surface area contributed by atoms with Gasteiger partial charge in [0.25, 0.3) is 0 Å². The van der Waals surface area contributed by atoms with Gasteiger partial charge >= 0.3 is 0 Å². The van der Waals surface area contributed by atoms with Gasteiger partial charge in [0, 0.05) is 45.7 Å². The molecule has 22 heavy (non-hydrogen) atoms. The fourth-order valence-electron chi connectivity index (χ4n) is 2.77. The van der Waals surface area contributed by atoms with Crippen LogP contribution in [0, 0.1) is 0 Å². The van der Waals surface area contributed by atoms with Crippen molar-refractivity contribution in [3.63, 3.8) is 0 Å². The zero-order valence-electron chi connectivity index (χ0n) is 12.9. The van der Waals surface area contributed by atoms with Crippen LogP contribution in [0.3, 0.4) is 0 Å². The SMILES string of the molecule is CC(N)CC(=O)N1CCN(c2ncnc3c2cnn3C)CC1. The van der Waals surface area contributed by atoms with E-state index in [1.807, 2.05) is 18.9 Å². The molecule has 1 aliphatic rings. The molecule has 0 saturated carbocycles. The van der Waals surface area contributed by atoms with Crippen LogP contribution in [0.2, 0.25) is 0 Å². The van der Waals surface area contributed by atoms with Gasteiger partial charge in [0.15, 0.2) is 5.65 Å². The summed E-state index contributed by atoms with van der Waals surface area (Å²) in [6.45, 7) is 4.75. The predicted molar refractivity (Wildman–Crippen MR) is 83.4 cm³/mol. The Kier molecular flexibility index (Phi) is 3.93. The number of anilines is 1. The highest BCUT2D eigenvalue weighted by Crippen LogP contribution is 2.23. The second-order valence-corrected chi connectivity index (χ2v) is 5.75. The van der Waals surface area contributed by atoms with E-state index in [1.54, 1.807) is 17.2 Å². The quantitative estimate of drug-likeness (QED) is 0.840. The molecule has 1 fully saturated rings. The Morgan fingerprint density at radius 1 is 1.32 bits per heavy atom. The summed E-state index contributed by atoms with van der Waals surface area (Å²) in [5.41, 5.74) is 6.52. The standard InChI is InChI=1S/C14H21N7O/c1-10(15)7-12(22)20-3-5-21(6-4-20)14-11-8-18-19(2)13(11)16-9-17-14/h8-10H,3-7,15H2,1-2H3. The fourth-order valence-corrected chi connectivity index (χ4v) is 2.77. The predicted octanol–water partition coefficient (Wildman–Crippen LogP) is -0.251. The first-order valence-electron chi connectivity index (χ1n) is 7.47. The number of hydrogen-bond donors (Lipinski definition) is 1. The number of aromatic nitrogens is 4. The molecule has 2 aromatic rings. The Morgan fingerprint density at radius 2 is 2.05 bits per heavy atom. The van der Waals surface area contributed by atoms with Gasteiger partial charge in [-0.25, -0.2) is 9.97 Å². The van der Waals surface area contributed by atoms with E-state index in [4.69, 9.17) is 5.73 Å². The third kappa shape index (κ3) is 2.74. The van der Waals surface area contributed by atoms with Crippen LogP contribution in [0.5, 0.6) is 0 Å². The van der Waals surface area contributed by atoms with E-state index in [9.17, 15) is 4.79 Å². The molecule has 2 aromatic heterocycles. The largest absolute Gasteiger partial charge is 0.352 e. The zero-order chi connectivity index (χ0) is 15.7. The summed E-state index contributed by atoms with van der Waals surface area (Å²) in [5.74, 6) is 1.02. The molecular weight excluding hydrogens is 282 g/mol. The van der Waals surface area contributed by atoms with Gasteiger partial charge in [-0.2, -0.15) is 5.10 Å². The van der Waals surface area contributed by atoms with E-state index in [-0.39, 0.29) is 11.9 Å². The monoisotopic (exact) mass is 303 g/mol. The number of fused-ring (bicyclic) bond motifs is 1. The van der Waals surface area contributed by atoms with Crippen LogP contribution >= 0.6 is 0 Å². The van der Waals surface area contributed by atoms with Gasteiger partial charge in [0.05, 0.1) is 11.6 Å². The van der Waals surface area contributed by atoms with Crippen LogP contribution in [0.25, 0.3) is 11.0 Å². The lowest BCUT2D eigenvalue weighted by molar-refractivity contribution is -0.131. The highest BCUT2D eigenvalue weighted by atomic mass is 16.2. The molecule has 2 N–H and O–H groups in total. The molecule has 3 heterocycles. The third-order valence-corrected chi connectivity index (χ3v) is 3.94. The van der Waals surface area contributed by atoms with Crippen molar-refractivity contribution < 1.29 is 4.79 Å². The van der Waals surface area contributed by atoms with Gasteiger partial charge in [-0.1, -0.05) is 0 Å². The number of nitrogens with two attached hydrogens (primary N) is 1. The first-order chi connectivity index (χ1) is 10.6. The number of nitrogens with zero attached hydrogens (tertiary/aromatic N) is 6. The summed E-state index contributed by atoms with van der Waals surface area (Å²) in [6, 6.07) is -0.0950. The van der Waals surface area contributed by atoms with Crippen LogP contribution in [-0.2, 0) is 11.8 Å². The summed E-state index contributed by atoms with van der Waals surface area (Å²) in [4.78, 5) is 24.8. The van der Waals surface area contributed by atoms with Crippen molar-refractivity contribution >= 4 is 22.8 Å². The average molecular weight is 303 g/mol. The van der Waals surface area contributed by atoms with Crippen LogP contribution in [0.4, 0.5) is 5.82 Å². The van der Waals surface area contributed by atoms with Crippen molar-refractivity contribution in [3.8, 4) is 0 Å². The molecule has 8 heteroatoms. The number of carbonyl (C=O) groups excluding carboxylic acids is 1. The highest BCUT2D eigenvalue weighted by Gasteiger charge is 2.24. The molecule has 1 aliphatic heterocycles. The van der Waals surface area contributed by atoms with E-state index in [2.05, 4.69) is 20.0 Å². The Bertz CT molecular complexity index is 673. The van der Waals surface area contributed by atoms with E-state index in [1.165, 1.54) is 0 Å². The number of rotatable bonds is 3. The van der Waals surface area contributed by atoms with Crippen molar-refractivity contribution in [1.29, 1.82) is 0 Å². The molecule has 0 aromatic carbocycles. The molecule has 1 atom stereocenters. The molecule has 3 rings (SSSR count). The lowest BCUT2D eigenvalue weighted by atomic mass is 10.2. The molecule has 1 saturated heterocycles. The number of amides is 1. The van der Waals surface area contributed by atoms with Gasteiger partial charge in [-0.3, -0.25) is 9.48 Å². The third-order valence-electron chi connectivity index (χ3n) is 3.94. The Morgan fingerprint density at radius 3 is 2.73 bits per heavy atom. The maximum absolute atomic E-state index is 12.1. The summed E-state index contributed by atoms with van der Waals surface area (Å²) >= 11 is 0. The number of aryl methyl sites for hydroxylation is 1. The first-order valence-corrected chi connectivity index (χ1v) is 7.47. The van der Waals surface area contributed by atoms with Crippen molar-refractivity contribution in [2.75, 3.05) is 31.1 Å². The second-order valence-electron chi connectivity index (χ2n) is 5.75. The Hall–Kier alpha value is -2.22. The topological polar surface area (TPSA) is 93.2 Å². The van der Waals surface area contributed by atoms with Crippen LogP contribution in [0.1, 0.15) is 13.3 Å². The van der Waals surface area contributed by atoms with E-state index >= 15 is 0 Å². The van der Waals surface area contributed by atoms with E-state index in [0.717, 1.165) is 29.9 Å². The molecule has 0 radical (unpaired) electrons. The molecular formula is C14H21N7O. The fraction of sp³-hybridized carbons (Fsp3) is 0.571. The molecule has 0 spiro atoms. The molecule has 118 valence electrons. The van der Waals surface area contributed by atoms with Gasteiger partial charge < -0.3 is 15.5 Å².